The van der Waals surface area contributed by atoms with Gasteiger partial charge in [-0.15, -0.1) is 0 Å². The van der Waals surface area contributed by atoms with Crippen molar-refractivity contribution >= 4 is 16.7 Å². The summed E-state index contributed by atoms with van der Waals surface area (Å²) in [5.74, 6) is 1.32. The van der Waals surface area contributed by atoms with Crippen LogP contribution >= 0.6 is 0 Å². The van der Waals surface area contributed by atoms with E-state index in [0.29, 0.717) is 52.4 Å². The molecule has 0 saturated carbocycles. The van der Waals surface area contributed by atoms with E-state index >= 15 is 0 Å². The molecule has 0 atom stereocenters. The summed E-state index contributed by atoms with van der Waals surface area (Å²) >= 11 is 0. The molecular formula is C24H30N3O5+. The van der Waals surface area contributed by atoms with Crippen molar-refractivity contribution in [2.24, 2.45) is 0 Å². The molecule has 170 valence electrons. The standard InChI is InChI=1S/C24H29N3O5/c1-6-32-17-9-7-16(8-10-17)27-15-20(23(28)25-11-12-26(2)3)18-13-21(30-4)22(31-5)14-19(18)24(27)29/h7-10,13-15H,6,11-12H2,1-5H3,(H,25,28)/p+1. The van der Waals surface area contributed by atoms with Gasteiger partial charge in [-0.2, -0.15) is 0 Å². The van der Waals surface area contributed by atoms with Gasteiger partial charge in [-0.1, -0.05) is 0 Å². The molecule has 0 spiro atoms. The second-order valence-corrected chi connectivity index (χ2v) is 7.61. The molecule has 2 N–H and O–H groups in total. The van der Waals surface area contributed by atoms with E-state index in [0.717, 1.165) is 6.54 Å². The number of rotatable bonds is 9. The van der Waals surface area contributed by atoms with Crippen LogP contribution < -0.4 is 30.0 Å². The van der Waals surface area contributed by atoms with Crippen LogP contribution in [0.2, 0.25) is 0 Å². The molecule has 3 rings (SSSR count). The van der Waals surface area contributed by atoms with Gasteiger partial charge >= 0.3 is 0 Å². The molecule has 0 aliphatic rings. The average Bonchev–Trinajstić information content (AvgIpc) is 2.79. The predicted octanol–water partition coefficient (Wildman–Crippen LogP) is 1.28. The monoisotopic (exact) mass is 440 g/mol. The van der Waals surface area contributed by atoms with Crippen molar-refractivity contribution in [2.45, 2.75) is 6.92 Å². The first kappa shape index (κ1) is 23.1. The molecule has 1 amide bonds. The number of quaternary nitrogens is 1. The van der Waals surface area contributed by atoms with Gasteiger partial charge in [-0.3, -0.25) is 14.2 Å². The van der Waals surface area contributed by atoms with Crippen LogP contribution in [0, 0.1) is 0 Å². The lowest BCUT2D eigenvalue weighted by Crippen LogP contribution is -3.06. The Bertz CT molecular complexity index is 1150. The summed E-state index contributed by atoms with van der Waals surface area (Å²) in [6.45, 7) is 3.75. The molecule has 0 bridgehead atoms. The fourth-order valence-corrected chi connectivity index (χ4v) is 3.43. The average molecular weight is 441 g/mol. The highest BCUT2D eigenvalue weighted by molar-refractivity contribution is 6.07. The van der Waals surface area contributed by atoms with Crippen molar-refractivity contribution in [1.82, 2.24) is 9.88 Å². The number of carbonyl (C=O) groups excluding carboxylic acids is 1. The first-order chi connectivity index (χ1) is 15.4. The van der Waals surface area contributed by atoms with Crippen molar-refractivity contribution in [3.05, 3.63) is 58.5 Å². The summed E-state index contributed by atoms with van der Waals surface area (Å²) in [7, 11) is 7.06. The summed E-state index contributed by atoms with van der Waals surface area (Å²) in [6.07, 6.45) is 1.57. The fraction of sp³-hybridized carbons (Fsp3) is 0.333. The Kier molecular flexibility index (Phi) is 7.37. The lowest BCUT2D eigenvalue weighted by Gasteiger charge is -2.16. The van der Waals surface area contributed by atoms with Crippen molar-refractivity contribution < 1.29 is 23.9 Å². The van der Waals surface area contributed by atoms with Crippen LogP contribution in [0.15, 0.2) is 47.4 Å². The largest absolute Gasteiger partial charge is 0.494 e. The summed E-state index contributed by atoms with van der Waals surface area (Å²) in [6, 6.07) is 10.5. The van der Waals surface area contributed by atoms with Crippen molar-refractivity contribution in [3.8, 4) is 22.9 Å². The number of nitrogens with zero attached hydrogens (tertiary/aromatic N) is 1. The fourth-order valence-electron chi connectivity index (χ4n) is 3.43. The normalized spacial score (nSPS) is 10.9. The molecule has 0 aliphatic heterocycles. The van der Waals surface area contributed by atoms with Gasteiger partial charge in [0.2, 0.25) is 0 Å². The Labute approximate surface area is 187 Å². The van der Waals surface area contributed by atoms with Gasteiger partial charge in [0.05, 0.1) is 59.0 Å². The van der Waals surface area contributed by atoms with E-state index in [1.54, 1.807) is 42.6 Å². The number of amides is 1. The van der Waals surface area contributed by atoms with Gasteiger partial charge in [-0.05, 0) is 43.3 Å². The lowest BCUT2D eigenvalue weighted by atomic mass is 10.0. The summed E-state index contributed by atoms with van der Waals surface area (Å²) in [5, 5.41) is 3.81. The van der Waals surface area contributed by atoms with Crippen LogP contribution in [0.25, 0.3) is 16.5 Å². The van der Waals surface area contributed by atoms with E-state index in [9.17, 15) is 9.59 Å². The maximum atomic E-state index is 13.4. The van der Waals surface area contributed by atoms with Crippen LogP contribution in [-0.4, -0.2) is 58.5 Å². The van der Waals surface area contributed by atoms with E-state index < -0.39 is 0 Å². The van der Waals surface area contributed by atoms with Crippen LogP contribution in [0.4, 0.5) is 0 Å². The first-order valence-corrected chi connectivity index (χ1v) is 10.5. The number of hydrogen-bond acceptors (Lipinski definition) is 5. The number of ether oxygens (including phenoxy) is 3. The second kappa shape index (κ2) is 10.2. The number of fused-ring (bicyclic) bond motifs is 1. The van der Waals surface area contributed by atoms with Gasteiger partial charge in [0.25, 0.3) is 11.5 Å². The third-order valence-electron chi connectivity index (χ3n) is 5.10. The number of pyridine rings is 1. The molecule has 1 heterocycles. The summed E-state index contributed by atoms with van der Waals surface area (Å²) in [5.41, 5.74) is 0.740. The highest BCUT2D eigenvalue weighted by atomic mass is 16.5. The molecule has 0 aliphatic carbocycles. The van der Waals surface area contributed by atoms with Gasteiger partial charge in [0.15, 0.2) is 11.5 Å². The quantitative estimate of drug-likeness (QED) is 0.524. The molecule has 0 fully saturated rings. The van der Waals surface area contributed by atoms with Crippen molar-refractivity contribution in [1.29, 1.82) is 0 Å². The van der Waals surface area contributed by atoms with Crippen molar-refractivity contribution in [3.63, 3.8) is 0 Å². The Morgan fingerprint density at radius 3 is 2.22 bits per heavy atom. The van der Waals surface area contributed by atoms with Crippen LogP contribution in [0.1, 0.15) is 17.3 Å². The van der Waals surface area contributed by atoms with Gasteiger partial charge in [-0.25, -0.2) is 0 Å². The van der Waals surface area contributed by atoms with E-state index in [1.165, 1.54) is 23.7 Å². The third kappa shape index (κ3) is 4.86. The zero-order valence-corrected chi connectivity index (χ0v) is 19.2. The third-order valence-corrected chi connectivity index (χ3v) is 5.10. The van der Waals surface area contributed by atoms with Crippen LogP contribution in [-0.2, 0) is 0 Å². The Morgan fingerprint density at radius 1 is 1.03 bits per heavy atom. The summed E-state index contributed by atoms with van der Waals surface area (Å²) < 4.78 is 17.7. The Hall–Kier alpha value is -3.52. The molecule has 1 aromatic heterocycles. The minimum atomic E-state index is -0.264. The van der Waals surface area contributed by atoms with Crippen LogP contribution in [0.3, 0.4) is 0 Å². The molecule has 0 unspecified atom stereocenters. The number of carbonyl (C=O) groups is 1. The zero-order chi connectivity index (χ0) is 23.3. The smallest absolute Gasteiger partial charge is 0.263 e. The van der Waals surface area contributed by atoms with Gasteiger partial charge in [0, 0.05) is 17.3 Å². The van der Waals surface area contributed by atoms with Gasteiger partial charge < -0.3 is 24.4 Å². The minimum Gasteiger partial charge on any atom is -0.494 e. The highest BCUT2D eigenvalue weighted by Crippen LogP contribution is 2.32. The number of nitrogens with one attached hydrogen (secondary N) is 2. The predicted molar refractivity (Wildman–Crippen MR) is 124 cm³/mol. The summed E-state index contributed by atoms with van der Waals surface area (Å²) in [4.78, 5) is 27.7. The van der Waals surface area contributed by atoms with Gasteiger partial charge in [0.1, 0.15) is 5.75 Å². The Balaban J connectivity index is 2.18. The molecule has 32 heavy (non-hydrogen) atoms. The lowest BCUT2D eigenvalue weighted by molar-refractivity contribution is -0.856. The zero-order valence-electron chi connectivity index (χ0n) is 19.2. The SMILES string of the molecule is CCOc1ccc(-n2cc(C(=O)NCC[NH+](C)C)c3cc(OC)c(OC)cc3c2=O)cc1. The number of aromatic nitrogens is 1. The topological polar surface area (TPSA) is 83.2 Å². The van der Waals surface area contributed by atoms with E-state index in [-0.39, 0.29) is 11.5 Å². The number of methoxy groups -OCH3 is 2. The molecule has 8 heteroatoms. The maximum absolute atomic E-state index is 13.4. The van der Waals surface area contributed by atoms with Crippen molar-refractivity contribution in [2.75, 3.05) is 48.0 Å². The minimum absolute atomic E-state index is 0.261. The van der Waals surface area contributed by atoms with E-state index in [4.69, 9.17) is 14.2 Å². The molecule has 2 aromatic carbocycles. The number of likely N-dealkylation sites (N-methyl/N-ethyl adjacent to an activating group) is 1. The molecule has 0 radical (unpaired) electrons. The molecule has 3 aromatic rings. The maximum Gasteiger partial charge on any atom is 0.263 e. The number of hydrogen-bond donors (Lipinski definition) is 2. The van der Waals surface area contributed by atoms with Crippen LogP contribution in [0.5, 0.6) is 17.2 Å². The van der Waals surface area contributed by atoms with E-state index in [2.05, 4.69) is 5.32 Å². The number of benzene rings is 2. The second-order valence-electron chi connectivity index (χ2n) is 7.61. The highest BCUT2D eigenvalue weighted by Gasteiger charge is 2.19. The first-order valence-electron chi connectivity index (χ1n) is 10.5. The molecule has 8 nitrogen and oxygen atoms in total. The van der Waals surface area contributed by atoms with E-state index in [1.807, 2.05) is 21.0 Å². The Morgan fingerprint density at radius 2 is 1.66 bits per heavy atom. The molecular weight excluding hydrogens is 410 g/mol. The molecule has 0 saturated heterocycles.